The van der Waals surface area contributed by atoms with Crippen LogP contribution < -0.4 is 10.2 Å². The SMILES string of the molecule is CCC(C)c1ccccc1N1CC(C(=O)OCc2csc(Nc3ccc(C)cc3)n2)CC1=O. The molecule has 0 radical (unpaired) electrons. The molecular formula is C26H29N3O3S. The standard InChI is InChI=1S/C26H29N3O3S/c1-4-18(3)22-7-5-6-8-23(22)29-14-19(13-24(29)30)25(31)32-15-21-16-33-26(28-21)27-20-11-9-17(2)10-12-20/h5-12,16,18-19H,4,13-15H2,1-3H3,(H,27,28). The lowest BCUT2D eigenvalue weighted by Gasteiger charge is -2.23. The third kappa shape index (κ3) is 5.42. The van der Waals surface area contributed by atoms with Crippen molar-refractivity contribution >= 4 is 39.7 Å². The summed E-state index contributed by atoms with van der Waals surface area (Å²) in [7, 11) is 0. The number of carbonyl (C=O) groups excluding carboxylic acids is 2. The zero-order valence-electron chi connectivity index (χ0n) is 19.2. The summed E-state index contributed by atoms with van der Waals surface area (Å²) in [4.78, 5) is 31.7. The highest BCUT2D eigenvalue weighted by Gasteiger charge is 2.37. The van der Waals surface area contributed by atoms with E-state index in [0.717, 1.165) is 28.5 Å². The van der Waals surface area contributed by atoms with Crippen LogP contribution in [-0.4, -0.2) is 23.4 Å². The van der Waals surface area contributed by atoms with Crippen LogP contribution >= 0.6 is 11.3 Å². The molecule has 1 amide bonds. The Morgan fingerprint density at radius 1 is 1.24 bits per heavy atom. The van der Waals surface area contributed by atoms with Crippen molar-refractivity contribution in [3.8, 4) is 0 Å². The van der Waals surface area contributed by atoms with Crippen LogP contribution in [0.5, 0.6) is 0 Å². The lowest BCUT2D eigenvalue weighted by Crippen LogP contribution is -2.27. The van der Waals surface area contributed by atoms with Crippen LogP contribution in [0.15, 0.2) is 53.9 Å². The highest BCUT2D eigenvalue weighted by molar-refractivity contribution is 7.13. The van der Waals surface area contributed by atoms with Crippen molar-refractivity contribution in [1.82, 2.24) is 4.98 Å². The van der Waals surface area contributed by atoms with Gasteiger partial charge in [0.15, 0.2) is 5.13 Å². The number of aryl methyl sites for hydroxylation is 1. The van der Waals surface area contributed by atoms with Gasteiger partial charge >= 0.3 is 5.97 Å². The molecule has 1 aliphatic rings. The second-order valence-electron chi connectivity index (χ2n) is 8.52. The number of hydrogen-bond donors (Lipinski definition) is 1. The summed E-state index contributed by atoms with van der Waals surface area (Å²) < 4.78 is 5.52. The summed E-state index contributed by atoms with van der Waals surface area (Å²) in [5.41, 5.74) is 4.88. The summed E-state index contributed by atoms with van der Waals surface area (Å²) >= 11 is 1.46. The highest BCUT2D eigenvalue weighted by Crippen LogP contribution is 2.34. The van der Waals surface area contributed by atoms with Gasteiger partial charge in [-0.2, -0.15) is 0 Å². The average molecular weight is 464 g/mol. The number of aromatic nitrogens is 1. The number of hydrogen-bond acceptors (Lipinski definition) is 6. The van der Waals surface area contributed by atoms with E-state index in [2.05, 4.69) is 30.2 Å². The Morgan fingerprint density at radius 3 is 2.76 bits per heavy atom. The molecule has 1 saturated heterocycles. The molecule has 1 N–H and O–H groups in total. The molecule has 2 unspecified atom stereocenters. The maximum Gasteiger partial charge on any atom is 0.311 e. The molecule has 6 nitrogen and oxygen atoms in total. The van der Waals surface area contributed by atoms with Crippen molar-refractivity contribution in [1.29, 1.82) is 0 Å². The molecule has 1 aromatic heterocycles. The normalized spacial score (nSPS) is 16.6. The van der Waals surface area contributed by atoms with E-state index in [1.807, 2.05) is 54.8 Å². The van der Waals surface area contributed by atoms with Crippen molar-refractivity contribution in [3.05, 3.63) is 70.7 Å². The number of rotatable bonds is 8. The molecule has 0 bridgehead atoms. The van der Waals surface area contributed by atoms with E-state index in [4.69, 9.17) is 4.74 Å². The molecule has 4 rings (SSSR count). The van der Waals surface area contributed by atoms with E-state index in [9.17, 15) is 9.59 Å². The van der Waals surface area contributed by atoms with Crippen LogP contribution in [-0.2, 0) is 20.9 Å². The maximum atomic E-state index is 12.7. The second kappa shape index (κ2) is 10.2. The number of carbonyl (C=O) groups is 2. The van der Waals surface area contributed by atoms with Gasteiger partial charge in [-0.3, -0.25) is 9.59 Å². The maximum absolute atomic E-state index is 12.7. The topological polar surface area (TPSA) is 71.5 Å². The largest absolute Gasteiger partial charge is 0.459 e. The lowest BCUT2D eigenvalue weighted by molar-refractivity contribution is -0.149. The van der Waals surface area contributed by atoms with Gasteiger partial charge in [0, 0.05) is 29.7 Å². The van der Waals surface area contributed by atoms with E-state index >= 15 is 0 Å². The fraction of sp³-hybridized carbons (Fsp3) is 0.346. The van der Waals surface area contributed by atoms with E-state index in [-0.39, 0.29) is 24.9 Å². The minimum atomic E-state index is -0.466. The third-order valence-corrected chi connectivity index (χ3v) is 6.85. The summed E-state index contributed by atoms with van der Waals surface area (Å²) in [6.07, 6.45) is 1.16. The predicted octanol–water partition coefficient (Wildman–Crippen LogP) is 5.80. The number of esters is 1. The first-order valence-electron chi connectivity index (χ1n) is 11.3. The van der Waals surface area contributed by atoms with Gasteiger partial charge in [0.05, 0.1) is 11.6 Å². The van der Waals surface area contributed by atoms with Crippen LogP contribution in [0.25, 0.3) is 0 Å². The Kier molecular flexibility index (Phi) is 7.08. The number of anilines is 3. The summed E-state index contributed by atoms with van der Waals surface area (Å²) in [6.45, 7) is 6.78. The molecule has 1 aliphatic heterocycles. The molecule has 2 heterocycles. The van der Waals surface area contributed by atoms with Gasteiger partial charge in [0.25, 0.3) is 0 Å². The van der Waals surface area contributed by atoms with Crippen molar-refractivity contribution < 1.29 is 14.3 Å². The number of amides is 1. The number of para-hydroxylation sites is 1. The Hall–Kier alpha value is -3.19. The number of benzene rings is 2. The number of nitrogens with one attached hydrogen (secondary N) is 1. The van der Waals surface area contributed by atoms with E-state index in [1.54, 1.807) is 4.90 Å². The first-order chi connectivity index (χ1) is 15.9. The van der Waals surface area contributed by atoms with Gasteiger partial charge in [-0.15, -0.1) is 11.3 Å². The average Bonchev–Trinajstić information content (AvgIpc) is 3.44. The molecule has 0 spiro atoms. The van der Waals surface area contributed by atoms with Gasteiger partial charge in [0.2, 0.25) is 5.91 Å². The number of ether oxygens (including phenoxy) is 1. The Bertz CT molecular complexity index is 1130. The Labute approximate surface area is 198 Å². The Morgan fingerprint density at radius 2 is 2.00 bits per heavy atom. The molecular weight excluding hydrogens is 434 g/mol. The van der Waals surface area contributed by atoms with Gasteiger partial charge < -0.3 is 15.0 Å². The van der Waals surface area contributed by atoms with Crippen LogP contribution in [0.1, 0.15) is 49.4 Å². The first-order valence-corrected chi connectivity index (χ1v) is 12.2. The monoisotopic (exact) mass is 463 g/mol. The molecule has 7 heteroatoms. The van der Waals surface area contributed by atoms with Gasteiger partial charge in [0.1, 0.15) is 6.61 Å². The van der Waals surface area contributed by atoms with Crippen LogP contribution in [0.2, 0.25) is 0 Å². The number of thiazole rings is 1. The molecule has 0 aliphatic carbocycles. The summed E-state index contributed by atoms with van der Waals surface area (Å²) in [5.74, 6) is -0.516. The van der Waals surface area contributed by atoms with Gasteiger partial charge in [-0.25, -0.2) is 4.98 Å². The van der Waals surface area contributed by atoms with Gasteiger partial charge in [-0.1, -0.05) is 49.7 Å². The van der Waals surface area contributed by atoms with E-state index < -0.39 is 5.92 Å². The van der Waals surface area contributed by atoms with Crippen molar-refractivity contribution in [2.75, 3.05) is 16.8 Å². The second-order valence-corrected chi connectivity index (χ2v) is 9.37. The molecule has 172 valence electrons. The molecule has 2 atom stereocenters. The minimum absolute atomic E-state index is 0.0362. The lowest BCUT2D eigenvalue weighted by atomic mass is 9.96. The molecule has 0 saturated carbocycles. The zero-order chi connectivity index (χ0) is 23.4. The Balaban J connectivity index is 1.34. The van der Waals surface area contributed by atoms with Crippen molar-refractivity contribution in [2.24, 2.45) is 5.92 Å². The quantitative estimate of drug-likeness (QED) is 0.427. The molecule has 2 aromatic carbocycles. The van der Waals surface area contributed by atoms with Crippen LogP contribution in [0, 0.1) is 12.8 Å². The highest BCUT2D eigenvalue weighted by atomic mass is 32.1. The van der Waals surface area contributed by atoms with Gasteiger partial charge in [-0.05, 0) is 43.0 Å². The molecule has 1 fully saturated rings. The van der Waals surface area contributed by atoms with E-state index in [1.165, 1.54) is 16.9 Å². The first kappa shape index (κ1) is 23.0. The predicted molar refractivity (Wildman–Crippen MR) is 132 cm³/mol. The number of nitrogens with zero attached hydrogens (tertiary/aromatic N) is 2. The van der Waals surface area contributed by atoms with Crippen molar-refractivity contribution in [3.63, 3.8) is 0 Å². The fourth-order valence-electron chi connectivity index (χ4n) is 3.92. The third-order valence-electron chi connectivity index (χ3n) is 6.05. The van der Waals surface area contributed by atoms with Crippen molar-refractivity contribution in [2.45, 2.75) is 46.1 Å². The fourth-order valence-corrected chi connectivity index (χ4v) is 4.64. The molecule has 3 aromatic rings. The van der Waals surface area contributed by atoms with Crippen LogP contribution in [0.4, 0.5) is 16.5 Å². The summed E-state index contributed by atoms with van der Waals surface area (Å²) in [5, 5.41) is 5.88. The molecule has 33 heavy (non-hydrogen) atoms. The summed E-state index contributed by atoms with van der Waals surface area (Å²) in [6, 6.07) is 16.0. The zero-order valence-corrected chi connectivity index (χ0v) is 20.0. The van der Waals surface area contributed by atoms with E-state index in [0.29, 0.717) is 18.2 Å². The van der Waals surface area contributed by atoms with Crippen LogP contribution in [0.3, 0.4) is 0 Å². The minimum Gasteiger partial charge on any atom is -0.459 e. The smallest absolute Gasteiger partial charge is 0.311 e.